The number of para-hydroxylation sites is 1. The first-order chi connectivity index (χ1) is 13.2. The van der Waals surface area contributed by atoms with Crippen molar-refractivity contribution in [3.8, 4) is 0 Å². The summed E-state index contributed by atoms with van der Waals surface area (Å²) in [6, 6.07) is 25.1. The van der Waals surface area contributed by atoms with Gasteiger partial charge in [0.05, 0.1) is 6.42 Å². The first kappa shape index (κ1) is 17.0. The number of furan rings is 1. The Morgan fingerprint density at radius 2 is 1.63 bits per heavy atom. The number of carbonyl (C=O) groups excluding carboxylic acids is 1. The van der Waals surface area contributed by atoms with Crippen molar-refractivity contribution in [1.82, 2.24) is 5.32 Å². The molecule has 0 radical (unpaired) electrons. The molecule has 0 unspecified atom stereocenters. The lowest BCUT2D eigenvalue weighted by Gasteiger charge is -2.17. The van der Waals surface area contributed by atoms with E-state index in [0.717, 1.165) is 16.5 Å². The lowest BCUT2D eigenvalue weighted by molar-refractivity contribution is -0.121. The summed E-state index contributed by atoms with van der Waals surface area (Å²) in [6.07, 6.45) is -0.0315. The standard InChI is InChI=1S/C23H18FNO2/c24-19-12-6-4-10-17(19)15-22(26)25-23(16-8-2-1-3-9-16)21-14-18-11-5-7-13-20(18)27-21/h1-14,23H,15H2,(H,25,26)/t23-/m1/s1. The molecule has 1 amide bonds. The van der Waals surface area contributed by atoms with E-state index in [0.29, 0.717) is 11.3 Å². The maximum absolute atomic E-state index is 13.9. The van der Waals surface area contributed by atoms with Gasteiger partial charge in [0.15, 0.2) is 0 Å². The lowest BCUT2D eigenvalue weighted by Crippen LogP contribution is -2.30. The average Bonchev–Trinajstić information content (AvgIpc) is 3.12. The smallest absolute Gasteiger partial charge is 0.225 e. The van der Waals surface area contributed by atoms with Gasteiger partial charge in [0, 0.05) is 5.39 Å². The van der Waals surface area contributed by atoms with Gasteiger partial charge in [-0.1, -0.05) is 66.7 Å². The zero-order valence-electron chi connectivity index (χ0n) is 14.6. The number of nitrogens with one attached hydrogen (secondary N) is 1. The molecule has 0 bridgehead atoms. The molecule has 0 aliphatic carbocycles. The van der Waals surface area contributed by atoms with E-state index in [4.69, 9.17) is 4.42 Å². The van der Waals surface area contributed by atoms with E-state index in [1.807, 2.05) is 60.7 Å². The van der Waals surface area contributed by atoms with Crippen LogP contribution in [0.2, 0.25) is 0 Å². The summed E-state index contributed by atoms with van der Waals surface area (Å²) >= 11 is 0. The number of hydrogen-bond donors (Lipinski definition) is 1. The lowest BCUT2D eigenvalue weighted by atomic mass is 10.0. The number of rotatable bonds is 5. The van der Waals surface area contributed by atoms with E-state index in [1.165, 1.54) is 6.07 Å². The Bertz CT molecular complexity index is 1040. The summed E-state index contributed by atoms with van der Waals surface area (Å²) in [5.41, 5.74) is 2.03. The van der Waals surface area contributed by atoms with Crippen molar-refractivity contribution in [2.24, 2.45) is 0 Å². The van der Waals surface area contributed by atoms with Crippen LogP contribution in [0.4, 0.5) is 4.39 Å². The van der Waals surface area contributed by atoms with Gasteiger partial charge < -0.3 is 9.73 Å². The molecule has 4 aromatic rings. The molecule has 1 heterocycles. The quantitative estimate of drug-likeness (QED) is 0.544. The Hall–Kier alpha value is -3.40. The monoisotopic (exact) mass is 359 g/mol. The van der Waals surface area contributed by atoms with Crippen molar-refractivity contribution in [2.45, 2.75) is 12.5 Å². The van der Waals surface area contributed by atoms with Crippen LogP contribution in [0.3, 0.4) is 0 Å². The topological polar surface area (TPSA) is 42.2 Å². The maximum atomic E-state index is 13.9. The van der Waals surface area contributed by atoms with E-state index in [1.54, 1.807) is 18.2 Å². The summed E-state index contributed by atoms with van der Waals surface area (Å²) in [6.45, 7) is 0. The molecule has 0 aliphatic heterocycles. The van der Waals surface area contributed by atoms with E-state index >= 15 is 0 Å². The van der Waals surface area contributed by atoms with E-state index in [9.17, 15) is 9.18 Å². The van der Waals surface area contributed by atoms with Crippen LogP contribution in [0.1, 0.15) is 22.9 Å². The first-order valence-electron chi connectivity index (χ1n) is 8.77. The van der Waals surface area contributed by atoms with Gasteiger partial charge in [0.2, 0.25) is 5.91 Å². The van der Waals surface area contributed by atoms with Gasteiger partial charge in [-0.05, 0) is 29.3 Å². The van der Waals surface area contributed by atoms with Crippen LogP contribution in [-0.2, 0) is 11.2 Å². The fourth-order valence-electron chi connectivity index (χ4n) is 3.14. The summed E-state index contributed by atoms with van der Waals surface area (Å²) in [5, 5.41) is 3.96. The number of halogens is 1. The second-order valence-electron chi connectivity index (χ2n) is 6.37. The molecular weight excluding hydrogens is 341 g/mol. The molecule has 0 spiro atoms. The molecule has 3 nitrogen and oxygen atoms in total. The Morgan fingerprint density at radius 3 is 2.41 bits per heavy atom. The van der Waals surface area contributed by atoms with Crippen LogP contribution in [0.25, 0.3) is 11.0 Å². The number of fused-ring (bicyclic) bond motifs is 1. The summed E-state index contributed by atoms with van der Waals surface area (Å²) in [7, 11) is 0. The third kappa shape index (κ3) is 3.75. The normalized spacial score (nSPS) is 12.0. The highest BCUT2D eigenvalue weighted by Gasteiger charge is 2.21. The van der Waals surface area contributed by atoms with Gasteiger partial charge in [-0.3, -0.25) is 4.79 Å². The zero-order chi connectivity index (χ0) is 18.6. The van der Waals surface area contributed by atoms with E-state index < -0.39 is 6.04 Å². The second kappa shape index (κ2) is 7.46. The van der Waals surface area contributed by atoms with Crippen LogP contribution in [0.5, 0.6) is 0 Å². The highest BCUT2D eigenvalue weighted by Crippen LogP contribution is 2.28. The Balaban J connectivity index is 1.64. The molecule has 1 N–H and O–H groups in total. The van der Waals surface area contributed by atoms with E-state index in [-0.39, 0.29) is 18.1 Å². The van der Waals surface area contributed by atoms with Crippen LogP contribution in [-0.4, -0.2) is 5.91 Å². The van der Waals surface area contributed by atoms with Crippen LogP contribution in [0, 0.1) is 5.82 Å². The fraction of sp³-hybridized carbons (Fsp3) is 0.0870. The highest BCUT2D eigenvalue weighted by molar-refractivity contribution is 5.81. The van der Waals surface area contributed by atoms with Crippen LogP contribution < -0.4 is 5.32 Å². The highest BCUT2D eigenvalue weighted by atomic mass is 19.1. The minimum atomic E-state index is -0.446. The summed E-state index contributed by atoms with van der Waals surface area (Å²) < 4.78 is 19.8. The number of benzene rings is 3. The third-order valence-corrected chi connectivity index (χ3v) is 4.48. The molecule has 4 rings (SSSR count). The molecule has 4 heteroatoms. The minimum Gasteiger partial charge on any atom is -0.459 e. The van der Waals surface area contributed by atoms with Gasteiger partial charge in [0.1, 0.15) is 23.2 Å². The maximum Gasteiger partial charge on any atom is 0.225 e. The molecule has 1 atom stereocenters. The van der Waals surface area contributed by atoms with Crippen molar-refractivity contribution in [3.63, 3.8) is 0 Å². The third-order valence-electron chi connectivity index (χ3n) is 4.48. The second-order valence-corrected chi connectivity index (χ2v) is 6.37. The largest absolute Gasteiger partial charge is 0.459 e. The van der Waals surface area contributed by atoms with Gasteiger partial charge in [0.25, 0.3) is 0 Å². The van der Waals surface area contributed by atoms with Crippen molar-refractivity contribution < 1.29 is 13.6 Å². The molecule has 3 aromatic carbocycles. The predicted octanol–water partition coefficient (Wildman–Crippen LogP) is 5.02. The SMILES string of the molecule is O=C(Cc1ccccc1F)N[C@H](c1ccccc1)c1cc2ccccc2o1. The summed E-state index contributed by atoms with van der Waals surface area (Å²) in [4.78, 5) is 12.6. The molecule has 0 aliphatic rings. The number of carbonyl (C=O) groups is 1. The van der Waals surface area contributed by atoms with E-state index in [2.05, 4.69) is 5.32 Å². The van der Waals surface area contributed by atoms with Gasteiger partial charge in [-0.15, -0.1) is 0 Å². The van der Waals surface area contributed by atoms with Crippen molar-refractivity contribution in [1.29, 1.82) is 0 Å². The van der Waals surface area contributed by atoms with Gasteiger partial charge in [-0.2, -0.15) is 0 Å². The van der Waals surface area contributed by atoms with Gasteiger partial charge in [-0.25, -0.2) is 4.39 Å². The van der Waals surface area contributed by atoms with Crippen LogP contribution >= 0.6 is 0 Å². The Kier molecular flexibility index (Phi) is 4.71. The van der Waals surface area contributed by atoms with Crippen LogP contribution in [0.15, 0.2) is 89.3 Å². The summed E-state index contributed by atoms with van der Waals surface area (Å²) in [5.74, 6) is -0.00802. The predicted molar refractivity (Wildman–Crippen MR) is 103 cm³/mol. The average molecular weight is 359 g/mol. The Labute approximate surface area is 156 Å². The zero-order valence-corrected chi connectivity index (χ0v) is 14.6. The fourth-order valence-corrected chi connectivity index (χ4v) is 3.14. The van der Waals surface area contributed by atoms with Crippen molar-refractivity contribution in [3.05, 3.63) is 108 Å². The molecule has 27 heavy (non-hydrogen) atoms. The van der Waals surface area contributed by atoms with Gasteiger partial charge >= 0.3 is 0 Å². The molecule has 0 saturated heterocycles. The van der Waals surface area contributed by atoms with Crippen molar-refractivity contribution in [2.75, 3.05) is 0 Å². The first-order valence-corrected chi connectivity index (χ1v) is 8.77. The molecular formula is C23H18FNO2. The minimum absolute atomic E-state index is 0.0315. The number of amides is 1. The Morgan fingerprint density at radius 1 is 0.926 bits per heavy atom. The number of hydrogen-bond acceptors (Lipinski definition) is 2. The molecule has 1 aromatic heterocycles. The van der Waals surface area contributed by atoms with Crippen molar-refractivity contribution >= 4 is 16.9 Å². The molecule has 134 valence electrons. The molecule has 0 fully saturated rings. The molecule has 0 saturated carbocycles.